The van der Waals surface area contributed by atoms with Gasteiger partial charge in [-0.3, -0.25) is 4.79 Å². The maximum absolute atomic E-state index is 13.6. The van der Waals surface area contributed by atoms with Crippen LogP contribution < -0.4 is 11.1 Å². The minimum absolute atomic E-state index is 0.0328. The number of carbonyl (C=O) groups excluding carboxylic acids is 1. The van der Waals surface area contributed by atoms with Crippen molar-refractivity contribution in [2.75, 3.05) is 11.1 Å². The van der Waals surface area contributed by atoms with E-state index in [2.05, 4.69) is 21.2 Å². The maximum atomic E-state index is 13.6. The van der Waals surface area contributed by atoms with E-state index >= 15 is 0 Å². The average molecular weight is 344 g/mol. The molecule has 0 unspecified atom stereocenters. The van der Waals surface area contributed by atoms with Crippen LogP contribution in [0.1, 0.15) is 10.4 Å². The fourth-order valence-corrected chi connectivity index (χ4v) is 2.02. The van der Waals surface area contributed by atoms with E-state index in [1.807, 2.05) is 0 Å². The quantitative estimate of drug-likeness (QED) is 0.807. The normalized spacial score (nSPS) is 10.3. The topological polar surface area (TPSA) is 55.1 Å². The molecule has 2 aromatic rings. The Labute approximate surface area is 122 Å². The standard InChI is InChI=1S/C13H9BrClFN2O/c14-8-6-7(4-5-10(8)17)13(19)18-11-3-1-2-9(15)12(11)16/h1-6H,17H2,(H,18,19). The summed E-state index contributed by atoms with van der Waals surface area (Å²) in [5.41, 5.74) is 6.54. The van der Waals surface area contributed by atoms with Crippen LogP contribution in [0.3, 0.4) is 0 Å². The summed E-state index contributed by atoms with van der Waals surface area (Å²) >= 11 is 8.86. The van der Waals surface area contributed by atoms with E-state index in [4.69, 9.17) is 17.3 Å². The molecule has 2 rings (SSSR count). The molecule has 0 atom stereocenters. The van der Waals surface area contributed by atoms with Crippen LogP contribution in [0, 0.1) is 5.82 Å². The van der Waals surface area contributed by atoms with Gasteiger partial charge in [0.15, 0.2) is 5.82 Å². The minimum Gasteiger partial charge on any atom is -0.398 e. The molecule has 0 bridgehead atoms. The first-order chi connectivity index (χ1) is 8.99. The van der Waals surface area contributed by atoms with Crippen molar-refractivity contribution in [3.8, 4) is 0 Å². The highest BCUT2D eigenvalue weighted by Crippen LogP contribution is 2.24. The number of nitrogen functional groups attached to an aromatic ring is 1. The third kappa shape index (κ3) is 3.05. The van der Waals surface area contributed by atoms with Crippen molar-refractivity contribution < 1.29 is 9.18 Å². The lowest BCUT2D eigenvalue weighted by atomic mass is 10.2. The number of nitrogens with one attached hydrogen (secondary N) is 1. The third-order valence-corrected chi connectivity index (χ3v) is 3.44. The first kappa shape index (κ1) is 13.8. The highest BCUT2D eigenvalue weighted by molar-refractivity contribution is 9.10. The minimum atomic E-state index is -0.660. The summed E-state index contributed by atoms with van der Waals surface area (Å²) in [7, 11) is 0. The molecule has 0 aliphatic rings. The van der Waals surface area contributed by atoms with Gasteiger partial charge in [0.25, 0.3) is 5.91 Å². The molecule has 0 aromatic heterocycles. The molecule has 3 nitrogen and oxygen atoms in total. The van der Waals surface area contributed by atoms with Crippen LogP contribution in [-0.2, 0) is 0 Å². The van der Waals surface area contributed by atoms with Crippen molar-refractivity contribution in [2.45, 2.75) is 0 Å². The van der Waals surface area contributed by atoms with Crippen LogP contribution in [0.4, 0.5) is 15.8 Å². The summed E-state index contributed by atoms with van der Waals surface area (Å²) in [6, 6.07) is 9.11. The largest absolute Gasteiger partial charge is 0.398 e. The molecule has 0 saturated heterocycles. The molecule has 0 radical (unpaired) electrons. The maximum Gasteiger partial charge on any atom is 0.255 e. The van der Waals surface area contributed by atoms with Crippen molar-refractivity contribution in [1.82, 2.24) is 0 Å². The van der Waals surface area contributed by atoms with E-state index in [-0.39, 0.29) is 10.7 Å². The van der Waals surface area contributed by atoms with Gasteiger partial charge in [-0.25, -0.2) is 4.39 Å². The van der Waals surface area contributed by atoms with Crippen molar-refractivity contribution in [3.05, 3.63) is 57.3 Å². The number of anilines is 2. The molecule has 0 saturated carbocycles. The van der Waals surface area contributed by atoms with Crippen LogP contribution in [-0.4, -0.2) is 5.91 Å². The second-order valence-electron chi connectivity index (χ2n) is 3.79. The van der Waals surface area contributed by atoms with Crippen LogP contribution in [0.5, 0.6) is 0 Å². The van der Waals surface area contributed by atoms with Crippen LogP contribution >= 0.6 is 27.5 Å². The molecule has 6 heteroatoms. The molecule has 1 amide bonds. The van der Waals surface area contributed by atoms with E-state index in [1.165, 1.54) is 12.1 Å². The lowest BCUT2D eigenvalue weighted by molar-refractivity contribution is 0.102. The van der Waals surface area contributed by atoms with E-state index in [0.29, 0.717) is 15.7 Å². The summed E-state index contributed by atoms with van der Waals surface area (Å²) in [5.74, 6) is -1.10. The first-order valence-electron chi connectivity index (χ1n) is 5.29. The smallest absolute Gasteiger partial charge is 0.255 e. The number of amides is 1. The van der Waals surface area contributed by atoms with Crippen molar-refractivity contribution in [2.24, 2.45) is 0 Å². The van der Waals surface area contributed by atoms with Gasteiger partial charge in [-0.05, 0) is 46.3 Å². The predicted molar refractivity (Wildman–Crippen MR) is 77.9 cm³/mol. The SMILES string of the molecule is Nc1ccc(C(=O)Nc2cccc(Cl)c2F)cc1Br. The van der Waals surface area contributed by atoms with Crippen molar-refractivity contribution in [1.29, 1.82) is 0 Å². The highest BCUT2D eigenvalue weighted by Gasteiger charge is 2.12. The number of nitrogens with two attached hydrogens (primary N) is 1. The summed E-state index contributed by atoms with van der Waals surface area (Å²) < 4.78 is 14.2. The molecule has 0 spiro atoms. The van der Waals surface area contributed by atoms with Crippen LogP contribution in [0.15, 0.2) is 40.9 Å². The molecule has 98 valence electrons. The molecule has 19 heavy (non-hydrogen) atoms. The number of benzene rings is 2. The molecule has 2 aromatic carbocycles. The number of halogens is 3. The first-order valence-corrected chi connectivity index (χ1v) is 6.46. The number of rotatable bonds is 2. The van der Waals surface area contributed by atoms with E-state index in [1.54, 1.807) is 24.3 Å². The van der Waals surface area contributed by atoms with E-state index in [9.17, 15) is 9.18 Å². The average Bonchev–Trinajstić information content (AvgIpc) is 2.38. The molecule has 0 heterocycles. The zero-order valence-electron chi connectivity index (χ0n) is 9.58. The molecule has 3 N–H and O–H groups in total. The van der Waals surface area contributed by atoms with Gasteiger partial charge in [0.2, 0.25) is 0 Å². The number of carbonyl (C=O) groups is 1. The molecular weight excluding hydrogens is 335 g/mol. The number of hydrogen-bond acceptors (Lipinski definition) is 2. The summed E-state index contributed by atoms with van der Waals surface area (Å²) in [4.78, 5) is 12.0. The Morgan fingerprint density at radius 2 is 2.05 bits per heavy atom. The summed E-state index contributed by atoms with van der Waals surface area (Å²) in [6.07, 6.45) is 0. The Morgan fingerprint density at radius 1 is 1.32 bits per heavy atom. The second-order valence-corrected chi connectivity index (χ2v) is 5.05. The lowest BCUT2D eigenvalue weighted by Gasteiger charge is -2.08. The highest BCUT2D eigenvalue weighted by atomic mass is 79.9. The Morgan fingerprint density at radius 3 is 2.74 bits per heavy atom. The molecular formula is C13H9BrClFN2O. The Balaban J connectivity index is 2.26. The summed E-state index contributed by atoms with van der Waals surface area (Å²) in [6.45, 7) is 0. The molecule has 0 aliphatic heterocycles. The Bertz CT molecular complexity index is 649. The third-order valence-electron chi connectivity index (χ3n) is 2.46. The van der Waals surface area contributed by atoms with Gasteiger partial charge >= 0.3 is 0 Å². The van der Waals surface area contributed by atoms with E-state index < -0.39 is 11.7 Å². The van der Waals surface area contributed by atoms with E-state index in [0.717, 1.165) is 0 Å². The predicted octanol–water partition coefficient (Wildman–Crippen LogP) is 4.08. The van der Waals surface area contributed by atoms with Crippen LogP contribution in [0.25, 0.3) is 0 Å². The fourth-order valence-electron chi connectivity index (χ4n) is 1.46. The van der Waals surface area contributed by atoms with Crippen LogP contribution in [0.2, 0.25) is 5.02 Å². The monoisotopic (exact) mass is 342 g/mol. The lowest BCUT2D eigenvalue weighted by Crippen LogP contribution is -2.13. The van der Waals surface area contributed by atoms with Gasteiger partial charge in [0.05, 0.1) is 10.7 Å². The van der Waals surface area contributed by atoms with Gasteiger partial charge in [-0.2, -0.15) is 0 Å². The molecule has 0 aliphatic carbocycles. The van der Waals surface area contributed by atoms with Crippen molar-refractivity contribution >= 4 is 44.8 Å². The zero-order valence-corrected chi connectivity index (χ0v) is 11.9. The Kier molecular flexibility index (Phi) is 4.07. The van der Waals surface area contributed by atoms with Gasteiger partial charge in [0, 0.05) is 15.7 Å². The van der Waals surface area contributed by atoms with Gasteiger partial charge in [-0.1, -0.05) is 17.7 Å². The van der Waals surface area contributed by atoms with Gasteiger partial charge in [0.1, 0.15) is 0 Å². The summed E-state index contributed by atoms with van der Waals surface area (Å²) in [5, 5.41) is 2.41. The fraction of sp³-hybridized carbons (Fsp3) is 0. The van der Waals surface area contributed by atoms with Gasteiger partial charge < -0.3 is 11.1 Å². The molecule has 0 fully saturated rings. The second kappa shape index (κ2) is 5.59. The Hall–Kier alpha value is -1.59. The van der Waals surface area contributed by atoms with Gasteiger partial charge in [-0.15, -0.1) is 0 Å². The zero-order chi connectivity index (χ0) is 14.0. The van der Waals surface area contributed by atoms with Crippen molar-refractivity contribution in [3.63, 3.8) is 0 Å². The number of hydrogen-bond donors (Lipinski definition) is 2.